The minimum absolute atomic E-state index is 0.00144. The summed E-state index contributed by atoms with van der Waals surface area (Å²) in [5.41, 5.74) is 2.28. The highest BCUT2D eigenvalue weighted by Crippen LogP contribution is 2.26. The molecule has 4 rings (SSSR count). The largest absolute Gasteiger partial charge is 0.378 e. The van der Waals surface area contributed by atoms with E-state index < -0.39 is 0 Å². The number of likely N-dealkylation sites (tertiary alicyclic amines) is 1. The van der Waals surface area contributed by atoms with Crippen molar-refractivity contribution < 1.29 is 14.3 Å². The summed E-state index contributed by atoms with van der Waals surface area (Å²) in [6, 6.07) is 12.2. The maximum absolute atomic E-state index is 13.0. The van der Waals surface area contributed by atoms with E-state index in [0.29, 0.717) is 39.4 Å². The van der Waals surface area contributed by atoms with Gasteiger partial charge in [-0.15, -0.1) is 11.3 Å². The number of rotatable bonds is 6. The molecule has 6 nitrogen and oxygen atoms in total. The number of ether oxygens (including phenoxy) is 1. The Labute approximate surface area is 188 Å². The third kappa shape index (κ3) is 5.73. The predicted molar refractivity (Wildman–Crippen MR) is 122 cm³/mol. The average Bonchev–Trinajstić information content (AvgIpc) is 3.33. The van der Waals surface area contributed by atoms with E-state index in [1.807, 2.05) is 16.3 Å². The van der Waals surface area contributed by atoms with Crippen LogP contribution in [0.2, 0.25) is 0 Å². The lowest BCUT2D eigenvalue weighted by atomic mass is 9.96. The third-order valence-electron chi connectivity index (χ3n) is 6.09. The number of morpholine rings is 1. The number of hydrogen-bond acceptors (Lipinski definition) is 5. The number of aryl methyl sites for hydroxylation is 1. The Kier molecular flexibility index (Phi) is 7.37. The molecule has 1 N–H and O–H groups in total. The smallest absolute Gasteiger partial charge is 0.234 e. The Hall–Kier alpha value is -2.22. The lowest BCUT2D eigenvalue weighted by Crippen LogP contribution is -2.50. The highest BCUT2D eigenvalue weighted by Gasteiger charge is 2.31. The van der Waals surface area contributed by atoms with E-state index in [0.717, 1.165) is 29.8 Å². The third-order valence-corrected chi connectivity index (χ3v) is 7.03. The van der Waals surface area contributed by atoms with Gasteiger partial charge in [-0.05, 0) is 43.3 Å². The van der Waals surface area contributed by atoms with Gasteiger partial charge in [0.1, 0.15) is 0 Å². The van der Waals surface area contributed by atoms with Gasteiger partial charge in [0.2, 0.25) is 11.8 Å². The van der Waals surface area contributed by atoms with Crippen LogP contribution in [0.25, 0.3) is 0 Å². The molecule has 0 radical (unpaired) electrons. The zero-order valence-corrected chi connectivity index (χ0v) is 18.9. The van der Waals surface area contributed by atoms with Gasteiger partial charge in [-0.3, -0.25) is 14.5 Å². The van der Waals surface area contributed by atoms with E-state index in [2.05, 4.69) is 47.5 Å². The molecular formula is C24H31N3O3S. The molecule has 2 aliphatic heterocycles. The van der Waals surface area contributed by atoms with Crippen molar-refractivity contribution in [1.82, 2.24) is 15.1 Å². The number of benzene rings is 1. The Morgan fingerprint density at radius 2 is 1.94 bits per heavy atom. The second-order valence-corrected chi connectivity index (χ2v) is 9.42. The van der Waals surface area contributed by atoms with Crippen molar-refractivity contribution in [2.75, 3.05) is 45.9 Å². The molecule has 2 fully saturated rings. The normalized spacial score (nSPS) is 20.9. The summed E-state index contributed by atoms with van der Waals surface area (Å²) in [5.74, 6) is 0.188. The molecule has 0 aliphatic carbocycles. The molecule has 166 valence electrons. The summed E-state index contributed by atoms with van der Waals surface area (Å²) in [7, 11) is 0. The minimum atomic E-state index is -0.149. The molecule has 31 heavy (non-hydrogen) atoms. The average molecular weight is 442 g/mol. The Balaban J connectivity index is 1.37. The fourth-order valence-corrected chi connectivity index (χ4v) is 5.19. The topological polar surface area (TPSA) is 61.9 Å². The maximum atomic E-state index is 13.0. The van der Waals surface area contributed by atoms with Gasteiger partial charge in [-0.2, -0.15) is 0 Å². The second kappa shape index (κ2) is 10.4. The Bertz CT molecular complexity index is 863. The van der Waals surface area contributed by atoms with E-state index >= 15 is 0 Å². The van der Waals surface area contributed by atoms with E-state index in [1.165, 1.54) is 5.56 Å². The van der Waals surface area contributed by atoms with Gasteiger partial charge in [-0.1, -0.05) is 35.9 Å². The zero-order valence-electron chi connectivity index (χ0n) is 18.1. The van der Waals surface area contributed by atoms with Crippen molar-refractivity contribution in [3.8, 4) is 0 Å². The maximum Gasteiger partial charge on any atom is 0.234 e. The van der Waals surface area contributed by atoms with Crippen LogP contribution in [0.15, 0.2) is 41.8 Å². The monoisotopic (exact) mass is 441 g/mol. The first kappa shape index (κ1) is 22.0. The van der Waals surface area contributed by atoms with Gasteiger partial charge in [0.25, 0.3) is 0 Å². The summed E-state index contributed by atoms with van der Waals surface area (Å²) >= 11 is 1.65. The molecule has 0 saturated carbocycles. The van der Waals surface area contributed by atoms with Crippen LogP contribution >= 0.6 is 11.3 Å². The highest BCUT2D eigenvalue weighted by atomic mass is 32.1. The predicted octanol–water partition coefficient (Wildman–Crippen LogP) is 2.83. The molecule has 2 unspecified atom stereocenters. The van der Waals surface area contributed by atoms with Crippen molar-refractivity contribution in [2.24, 2.45) is 5.92 Å². The van der Waals surface area contributed by atoms with Gasteiger partial charge >= 0.3 is 0 Å². The van der Waals surface area contributed by atoms with Gasteiger partial charge in [0.15, 0.2) is 0 Å². The second-order valence-electron chi connectivity index (χ2n) is 8.44. The number of carbonyl (C=O) groups is 2. The van der Waals surface area contributed by atoms with Crippen LogP contribution in [0, 0.1) is 12.8 Å². The summed E-state index contributed by atoms with van der Waals surface area (Å²) < 4.78 is 5.37. The first-order valence-corrected chi connectivity index (χ1v) is 12.0. The fraction of sp³-hybridized carbons (Fsp3) is 0.500. The summed E-state index contributed by atoms with van der Waals surface area (Å²) in [4.78, 5) is 31.0. The van der Waals surface area contributed by atoms with Crippen molar-refractivity contribution >= 4 is 23.2 Å². The van der Waals surface area contributed by atoms with E-state index in [-0.39, 0.29) is 23.8 Å². The summed E-state index contributed by atoms with van der Waals surface area (Å²) in [5, 5.41) is 5.26. The van der Waals surface area contributed by atoms with Crippen molar-refractivity contribution in [2.45, 2.75) is 25.8 Å². The van der Waals surface area contributed by atoms with Crippen LogP contribution in [0.3, 0.4) is 0 Å². The number of hydrogen-bond donors (Lipinski definition) is 1. The lowest BCUT2D eigenvalue weighted by molar-refractivity contribution is -0.142. The van der Waals surface area contributed by atoms with Gasteiger partial charge in [-0.25, -0.2) is 0 Å². The Morgan fingerprint density at radius 1 is 1.16 bits per heavy atom. The molecule has 0 bridgehead atoms. The van der Waals surface area contributed by atoms with Crippen LogP contribution in [-0.4, -0.2) is 67.6 Å². The van der Waals surface area contributed by atoms with Crippen molar-refractivity contribution in [3.05, 3.63) is 57.8 Å². The van der Waals surface area contributed by atoms with Crippen LogP contribution < -0.4 is 5.32 Å². The standard InChI is InChI=1S/C24H31N3O3S/c1-18-6-8-19(9-7-18)23(21-5-3-15-31-21)25-22(28)17-26-10-2-4-20(16-26)24(29)27-11-13-30-14-12-27/h3,5-9,15,20,23H,2,4,10-14,16-17H2,1H3,(H,25,28). The Morgan fingerprint density at radius 3 is 2.65 bits per heavy atom. The molecule has 1 aromatic heterocycles. The first-order valence-electron chi connectivity index (χ1n) is 11.1. The van der Waals surface area contributed by atoms with Crippen LogP contribution in [0.5, 0.6) is 0 Å². The molecule has 0 spiro atoms. The number of amides is 2. The number of carbonyl (C=O) groups excluding carboxylic acids is 2. The number of piperidine rings is 1. The van der Waals surface area contributed by atoms with Crippen LogP contribution in [0.1, 0.15) is 34.9 Å². The molecule has 2 atom stereocenters. The van der Waals surface area contributed by atoms with E-state index in [4.69, 9.17) is 4.74 Å². The summed E-state index contributed by atoms with van der Waals surface area (Å²) in [6.07, 6.45) is 1.84. The molecular weight excluding hydrogens is 410 g/mol. The van der Waals surface area contributed by atoms with Crippen LogP contribution in [-0.2, 0) is 14.3 Å². The zero-order chi connectivity index (χ0) is 21.6. The van der Waals surface area contributed by atoms with Crippen molar-refractivity contribution in [3.63, 3.8) is 0 Å². The van der Waals surface area contributed by atoms with Gasteiger partial charge in [0.05, 0.1) is 31.7 Å². The number of nitrogens with one attached hydrogen (secondary N) is 1. The van der Waals surface area contributed by atoms with Gasteiger partial charge in [0, 0.05) is 24.5 Å². The summed E-state index contributed by atoms with van der Waals surface area (Å²) in [6.45, 7) is 6.48. The molecule has 2 amide bonds. The quantitative estimate of drug-likeness (QED) is 0.749. The highest BCUT2D eigenvalue weighted by molar-refractivity contribution is 7.10. The number of thiophene rings is 1. The molecule has 2 aliphatic rings. The molecule has 1 aromatic carbocycles. The van der Waals surface area contributed by atoms with Crippen LogP contribution in [0.4, 0.5) is 0 Å². The van der Waals surface area contributed by atoms with E-state index in [9.17, 15) is 9.59 Å². The minimum Gasteiger partial charge on any atom is -0.378 e. The number of nitrogens with zero attached hydrogens (tertiary/aromatic N) is 2. The molecule has 3 heterocycles. The van der Waals surface area contributed by atoms with Gasteiger partial charge < -0.3 is 15.0 Å². The van der Waals surface area contributed by atoms with E-state index in [1.54, 1.807) is 11.3 Å². The molecule has 2 aromatic rings. The molecule has 7 heteroatoms. The molecule has 2 saturated heterocycles. The SMILES string of the molecule is Cc1ccc(C(NC(=O)CN2CCCC(C(=O)N3CCOCC3)C2)c2cccs2)cc1. The lowest BCUT2D eigenvalue weighted by Gasteiger charge is -2.36. The first-order chi connectivity index (χ1) is 15.1. The van der Waals surface area contributed by atoms with Crippen molar-refractivity contribution in [1.29, 1.82) is 0 Å². The fourth-order valence-electron chi connectivity index (χ4n) is 4.39.